The fraction of sp³-hybridized carbons (Fsp3) is 0.300. The first-order valence-corrected chi connectivity index (χ1v) is 10.2. The molecule has 0 fully saturated rings. The number of hydrogen-bond donors (Lipinski definition) is 1. The van der Waals surface area contributed by atoms with Crippen molar-refractivity contribution in [3.8, 4) is 5.75 Å². The summed E-state index contributed by atoms with van der Waals surface area (Å²) in [7, 11) is 0.529. The van der Waals surface area contributed by atoms with Gasteiger partial charge in [-0.15, -0.1) is 0 Å². The zero-order chi connectivity index (χ0) is 21.6. The Balaban J connectivity index is 2.02. The second-order valence-electron chi connectivity index (χ2n) is 6.52. The highest BCUT2D eigenvalue weighted by Crippen LogP contribution is 2.28. The summed E-state index contributed by atoms with van der Waals surface area (Å²) in [6.07, 6.45) is 0.0491. The van der Waals surface area contributed by atoms with Crippen LogP contribution in [0.1, 0.15) is 11.1 Å². The third-order valence-corrected chi connectivity index (χ3v) is 5.87. The number of amides is 1. The van der Waals surface area contributed by atoms with E-state index in [2.05, 4.69) is 5.32 Å². The van der Waals surface area contributed by atoms with Crippen LogP contribution in [-0.4, -0.2) is 52.4 Å². The molecule has 0 bridgehead atoms. The van der Waals surface area contributed by atoms with Crippen LogP contribution in [0.3, 0.4) is 0 Å². The Bertz CT molecular complexity index is 985. The van der Waals surface area contributed by atoms with Crippen molar-refractivity contribution in [3.05, 3.63) is 53.6 Å². The zero-order valence-corrected chi connectivity index (χ0v) is 17.6. The standard InChI is InChI=1S/C20H24N2O6S/c1-14-5-7-15(8-6-14)11-20(24)28-13-19(23)21-17-12-16(9-10-18(17)27-4)29(25,26)22(2)3/h5-10,12H,11,13H2,1-4H3,(H,21,23). The molecule has 0 saturated carbocycles. The second-order valence-corrected chi connectivity index (χ2v) is 8.67. The first kappa shape index (κ1) is 22.4. The van der Waals surface area contributed by atoms with E-state index < -0.39 is 28.5 Å². The Morgan fingerprint density at radius 3 is 2.31 bits per heavy atom. The van der Waals surface area contributed by atoms with Crippen molar-refractivity contribution in [2.45, 2.75) is 18.2 Å². The predicted molar refractivity (Wildman–Crippen MR) is 108 cm³/mol. The largest absolute Gasteiger partial charge is 0.495 e. The van der Waals surface area contributed by atoms with Crippen LogP contribution in [0.25, 0.3) is 0 Å². The number of nitrogens with zero attached hydrogens (tertiary/aromatic N) is 1. The molecule has 0 aliphatic heterocycles. The lowest BCUT2D eigenvalue weighted by Gasteiger charge is -2.15. The number of rotatable bonds is 8. The normalized spacial score (nSPS) is 11.2. The van der Waals surface area contributed by atoms with Crippen molar-refractivity contribution < 1.29 is 27.5 Å². The van der Waals surface area contributed by atoms with Crippen LogP contribution in [0.15, 0.2) is 47.4 Å². The van der Waals surface area contributed by atoms with Gasteiger partial charge in [-0.05, 0) is 30.7 Å². The van der Waals surface area contributed by atoms with E-state index >= 15 is 0 Å². The minimum Gasteiger partial charge on any atom is -0.495 e. The van der Waals surface area contributed by atoms with Crippen LogP contribution in [0.2, 0.25) is 0 Å². The molecule has 0 spiro atoms. The van der Waals surface area contributed by atoms with Gasteiger partial charge in [0.1, 0.15) is 5.75 Å². The molecule has 1 amide bonds. The topological polar surface area (TPSA) is 102 Å². The molecule has 0 radical (unpaired) electrons. The van der Waals surface area contributed by atoms with Crippen molar-refractivity contribution >= 4 is 27.6 Å². The quantitative estimate of drug-likeness (QED) is 0.655. The molecule has 0 aliphatic rings. The van der Waals surface area contributed by atoms with Gasteiger partial charge in [0, 0.05) is 14.1 Å². The van der Waals surface area contributed by atoms with E-state index in [1.54, 1.807) is 0 Å². The van der Waals surface area contributed by atoms with Crippen molar-refractivity contribution in [1.82, 2.24) is 4.31 Å². The van der Waals surface area contributed by atoms with Crippen LogP contribution in [0, 0.1) is 6.92 Å². The highest BCUT2D eigenvalue weighted by atomic mass is 32.2. The van der Waals surface area contributed by atoms with Crippen LogP contribution >= 0.6 is 0 Å². The van der Waals surface area contributed by atoms with Gasteiger partial charge in [0.05, 0.1) is 24.1 Å². The maximum absolute atomic E-state index is 12.3. The summed E-state index contributed by atoms with van der Waals surface area (Å²) in [5.74, 6) is -0.873. The molecule has 2 aromatic rings. The Labute approximate surface area is 170 Å². The lowest BCUT2D eigenvalue weighted by molar-refractivity contribution is -0.146. The maximum atomic E-state index is 12.3. The summed E-state index contributed by atoms with van der Waals surface area (Å²) < 4.78 is 35.8. The van der Waals surface area contributed by atoms with E-state index in [1.807, 2.05) is 31.2 Å². The number of anilines is 1. The molecule has 0 aromatic heterocycles. The number of sulfonamides is 1. The van der Waals surface area contributed by atoms with Gasteiger partial charge in [0.25, 0.3) is 5.91 Å². The fourth-order valence-electron chi connectivity index (χ4n) is 2.41. The molecular formula is C20H24N2O6S. The van der Waals surface area contributed by atoms with E-state index in [1.165, 1.54) is 39.4 Å². The summed E-state index contributed by atoms with van der Waals surface area (Å²) in [5, 5.41) is 2.52. The first-order chi connectivity index (χ1) is 13.6. The van der Waals surface area contributed by atoms with Crippen molar-refractivity contribution in [1.29, 1.82) is 0 Å². The molecule has 0 atom stereocenters. The van der Waals surface area contributed by atoms with Gasteiger partial charge in [-0.1, -0.05) is 29.8 Å². The predicted octanol–water partition coefficient (Wildman–Crippen LogP) is 1.98. The minimum atomic E-state index is -3.68. The van der Waals surface area contributed by atoms with Crippen LogP contribution in [0.4, 0.5) is 5.69 Å². The average Bonchev–Trinajstić information content (AvgIpc) is 2.68. The summed E-state index contributed by atoms with van der Waals surface area (Å²) in [6.45, 7) is 1.44. The molecule has 0 heterocycles. The molecule has 29 heavy (non-hydrogen) atoms. The zero-order valence-electron chi connectivity index (χ0n) is 16.8. The van der Waals surface area contributed by atoms with Gasteiger partial charge in [0.15, 0.2) is 6.61 Å². The molecule has 9 heteroatoms. The Morgan fingerprint density at radius 1 is 1.07 bits per heavy atom. The molecule has 0 aliphatic carbocycles. The van der Waals surface area contributed by atoms with E-state index in [0.29, 0.717) is 0 Å². The second kappa shape index (κ2) is 9.53. The van der Waals surface area contributed by atoms with Crippen LogP contribution < -0.4 is 10.1 Å². The SMILES string of the molecule is COc1ccc(S(=O)(=O)N(C)C)cc1NC(=O)COC(=O)Cc1ccc(C)cc1. The molecule has 156 valence electrons. The van der Waals surface area contributed by atoms with Crippen LogP contribution in [-0.2, 0) is 30.8 Å². The van der Waals surface area contributed by atoms with Crippen molar-refractivity contribution in [2.75, 3.05) is 33.1 Å². The van der Waals surface area contributed by atoms with Gasteiger partial charge >= 0.3 is 5.97 Å². The molecular weight excluding hydrogens is 396 g/mol. The Hall–Kier alpha value is -2.91. The number of methoxy groups -OCH3 is 1. The number of esters is 1. The summed E-state index contributed by atoms with van der Waals surface area (Å²) in [4.78, 5) is 24.1. The van der Waals surface area contributed by atoms with E-state index in [0.717, 1.165) is 15.4 Å². The first-order valence-electron chi connectivity index (χ1n) is 8.75. The number of carbonyl (C=O) groups excluding carboxylic acids is 2. The highest BCUT2D eigenvalue weighted by Gasteiger charge is 2.20. The lowest BCUT2D eigenvalue weighted by atomic mass is 10.1. The summed E-state index contributed by atoms with van der Waals surface area (Å²) in [6, 6.07) is 11.5. The Morgan fingerprint density at radius 2 is 1.72 bits per heavy atom. The number of carbonyl (C=O) groups is 2. The van der Waals surface area contributed by atoms with Gasteiger partial charge in [0.2, 0.25) is 10.0 Å². The number of hydrogen-bond acceptors (Lipinski definition) is 6. The molecule has 0 unspecified atom stereocenters. The van der Waals surface area contributed by atoms with Gasteiger partial charge < -0.3 is 14.8 Å². The number of nitrogens with one attached hydrogen (secondary N) is 1. The molecule has 0 saturated heterocycles. The van der Waals surface area contributed by atoms with Gasteiger partial charge in [-0.2, -0.15) is 0 Å². The maximum Gasteiger partial charge on any atom is 0.310 e. The number of benzene rings is 2. The molecule has 2 aromatic carbocycles. The van der Waals surface area contributed by atoms with Crippen molar-refractivity contribution in [3.63, 3.8) is 0 Å². The van der Waals surface area contributed by atoms with Gasteiger partial charge in [-0.25, -0.2) is 12.7 Å². The van der Waals surface area contributed by atoms with E-state index in [9.17, 15) is 18.0 Å². The molecule has 8 nitrogen and oxygen atoms in total. The summed E-state index contributed by atoms with van der Waals surface area (Å²) in [5.41, 5.74) is 2.02. The lowest BCUT2D eigenvalue weighted by Crippen LogP contribution is -2.24. The van der Waals surface area contributed by atoms with Crippen molar-refractivity contribution in [2.24, 2.45) is 0 Å². The fourth-order valence-corrected chi connectivity index (χ4v) is 3.34. The smallest absolute Gasteiger partial charge is 0.310 e. The van der Waals surface area contributed by atoms with E-state index in [4.69, 9.17) is 9.47 Å². The molecule has 1 N–H and O–H groups in total. The number of ether oxygens (including phenoxy) is 2. The highest BCUT2D eigenvalue weighted by molar-refractivity contribution is 7.89. The third kappa shape index (κ3) is 6.03. The Kier molecular flexibility index (Phi) is 7.35. The summed E-state index contributed by atoms with van der Waals surface area (Å²) >= 11 is 0. The van der Waals surface area contributed by atoms with E-state index in [-0.39, 0.29) is 22.8 Å². The number of aryl methyl sites for hydroxylation is 1. The van der Waals surface area contributed by atoms with Crippen LogP contribution in [0.5, 0.6) is 5.75 Å². The monoisotopic (exact) mass is 420 g/mol. The third-order valence-electron chi connectivity index (χ3n) is 4.06. The average molecular weight is 420 g/mol. The minimum absolute atomic E-state index is 0.00466. The van der Waals surface area contributed by atoms with Gasteiger partial charge in [-0.3, -0.25) is 9.59 Å². The molecule has 2 rings (SSSR count).